The Hall–Kier alpha value is -1.05. The average Bonchev–Trinajstić information content (AvgIpc) is 3.38. The van der Waals surface area contributed by atoms with Gasteiger partial charge in [0.25, 0.3) is 0 Å². The van der Waals surface area contributed by atoms with Gasteiger partial charge in [-0.05, 0) is 98.7 Å². The van der Waals surface area contributed by atoms with Crippen molar-refractivity contribution in [2.75, 3.05) is 20.2 Å². The fraction of sp³-hybridized carbons (Fsp3) is 0.435. The minimum Gasteiger partial charge on any atom is -1.00 e. The number of halogens is 2. The Balaban J connectivity index is 0. The quantitative estimate of drug-likeness (QED) is 0.722. The molecule has 1 saturated heterocycles. The van der Waals surface area contributed by atoms with Gasteiger partial charge in [-0.2, -0.15) is 0 Å². The van der Waals surface area contributed by atoms with Crippen molar-refractivity contribution in [1.82, 2.24) is 5.32 Å². The van der Waals surface area contributed by atoms with E-state index in [9.17, 15) is 8.78 Å². The summed E-state index contributed by atoms with van der Waals surface area (Å²) in [4.78, 5) is 4.39. The summed E-state index contributed by atoms with van der Waals surface area (Å²) >= 11 is 0. The van der Waals surface area contributed by atoms with Crippen LogP contribution in [0.15, 0.2) is 41.4 Å². The predicted molar refractivity (Wildman–Crippen MR) is 118 cm³/mol. The van der Waals surface area contributed by atoms with Gasteiger partial charge in [0.15, 0.2) is 0 Å². The number of rotatable bonds is 2. The molecule has 2 heterocycles. The zero-order valence-electron chi connectivity index (χ0n) is 19.5. The molecule has 3 radical (unpaired) electrons. The Morgan fingerprint density at radius 1 is 1.00 bits per heavy atom. The molecular weight excluding hydrogens is 392 g/mol. The Labute approximate surface area is 204 Å². The van der Waals surface area contributed by atoms with Crippen LogP contribution in [0, 0.1) is 25.5 Å². The molecule has 2 aliphatic heterocycles. The maximum absolute atomic E-state index is 12.8. The first-order chi connectivity index (χ1) is 13.5. The standard InChI is InChI=1S/C11H14FN.C11H12FN.CH4O.B.Na.H/c2*1-8-7-9(12)4-5-10(8)11-3-2-6-13-11;1-2;;;/h4-5,7,11,13H,2-3,6H2,1H3;4-5,7H,2-3,6H2,1H3;2H,1H3;;;/q;;;;+1;-1. The molecule has 157 valence electrons. The largest absolute Gasteiger partial charge is 1.00 e. The predicted octanol–water partition coefficient (Wildman–Crippen LogP) is 1.62. The molecule has 1 fully saturated rings. The van der Waals surface area contributed by atoms with Crippen LogP contribution in [0.2, 0.25) is 0 Å². The first-order valence-corrected chi connectivity index (χ1v) is 9.78. The van der Waals surface area contributed by atoms with Crippen molar-refractivity contribution < 1.29 is 44.9 Å². The van der Waals surface area contributed by atoms with Gasteiger partial charge < -0.3 is 11.8 Å². The monoisotopic (exact) mass is 423 g/mol. The number of nitrogens with zero attached hydrogens (tertiary/aromatic N) is 1. The van der Waals surface area contributed by atoms with Gasteiger partial charge in [0.1, 0.15) is 11.6 Å². The van der Waals surface area contributed by atoms with Crippen molar-refractivity contribution in [2.45, 2.75) is 45.6 Å². The van der Waals surface area contributed by atoms with E-state index in [0.717, 1.165) is 55.4 Å². The van der Waals surface area contributed by atoms with E-state index in [1.54, 1.807) is 18.2 Å². The molecule has 0 amide bonds. The fourth-order valence-electron chi connectivity index (χ4n) is 3.69. The summed E-state index contributed by atoms with van der Waals surface area (Å²) in [6.07, 6.45) is 4.56. The van der Waals surface area contributed by atoms with E-state index in [1.165, 1.54) is 24.5 Å². The number of aliphatic imine (C=N–C) groups is 1. The van der Waals surface area contributed by atoms with Gasteiger partial charge >= 0.3 is 29.6 Å². The third-order valence-electron chi connectivity index (χ3n) is 5.04. The molecule has 3 nitrogen and oxygen atoms in total. The molecule has 0 saturated carbocycles. The van der Waals surface area contributed by atoms with E-state index in [0.29, 0.717) is 6.04 Å². The number of benzene rings is 2. The molecule has 7 heteroatoms. The molecule has 2 aliphatic rings. The molecule has 0 aliphatic carbocycles. The Kier molecular flexibility index (Phi) is 14.4. The van der Waals surface area contributed by atoms with E-state index in [-0.39, 0.29) is 51.0 Å². The van der Waals surface area contributed by atoms with Crippen LogP contribution in [0.4, 0.5) is 8.78 Å². The van der Waals surface area contributed by atoms with Crippen LogP contribution in [0.1, 0.15) is 55.4 Å². The summed E-state index contributed by atoms with van der Waals surface area (Å²) in [5, 5.41) is 10.4. The number of hydrogen-bond donors (Lipinski definition) is 2. The van der Waals surface area contributed by atoms with Gasteiger partial charge in [0, 0.05) is 33.8 Å². The molecule has 4 rings (SSSR count). The molecule has 2 N–H and O–H groups in total. The van der Waals surface area contributed by atoms with E-state index in [1.807, 2.05) is 26.0 Å². The molecule has 0 bridgehead atoms. The van der Waals surface area contributed by atoms with Crippen molar-refractivity contribution in [3.05, 3.63) is 70.3 Å². The topological polar surface area (TPSA) is 44.6 Å². The van der Waals surface area contributed by atoms with Gasteiger partial charge in [-0.1, -0.05) is 6.07 Å². The molecule has 0 aromatic heterocycles. The third-order valence-corrected chi connectivity index (χ3v) is 5.04. The van der Waals surface area contributed by atoms with Gasteiger partial charge in [0.2, 0.25) is 0 Å². The first kappa shape index (κ1) is 29.0. The SMILES string of the molecule is CO.Cc1cc(F)ccc1C1=NCCC1.Cc1cc(F)ccc1C1CCCN1.[B].[H-].[Na+]. The van der Waals surface area contributed by atoms with Crippen LogP contribution < -0.4 is 34.9 Å². The van der Waals surface area contributed by atoms with Crippen LogP contribution in [-0.4, -0.2) is 39.4 Å². The van der Waals surface area contributed by atoms with Crippen LogP contribution in [0.25, 0.3) is 0 Å². The van der Waals surface area contributed by atoms with Crippen molar-refractivity contribution in [3.8, 4) is 0 Å². The summed E-state index contributed by atoms with van der Waals surface area (Å²) in [5.74, 6) is -0.306. The molecule has 1 atom stereocenters. The van der Waals surface area contributed by atoms with E-state index >= 15 is 0 Å². The minimum atomic E-state index is -0.167. The smallest absolute Gasteiger partial charge is 1.00 e. The first-order valence-electron chi connectivity index (χ1n) is 9.78. The maximum atomic E-state index is 12.8. The molecule has 2 aromatic carbocycles. The molecular formula is C23H31BF2N2NaO. The number of aryl methyl sites for hydroxylation is 2. The Morgan fingerprint density at radius 2 is 1.63 bits per heavy atom. The number of aliphatic hydroxyl groups is 1. The molecule has 1 unspecified atom stereocenters. The zero-order chi connectivity index (χ0) is 20.5. The number of hydrogen-bond acceptors (Lipinski definition) is 3. The summed E-state index contributed by atoms with van der Waals surface area (Å²) in [5.41, 5.74) is 5.54. The van der Waals surface area contributed by atoms with Crippen molar-refractivity contribution in [1.29, 1.82) is 0 Å². The van der Waals surface area contributed by atoms with Crippen LogP contribution in [0.3, 0.4) is 0 Å². The van der Waals surface area contributed by atoms with Gasteiger partial charge in [-0.15, -0.1) is 0 Å². The second kappa shape index (κ2) is 14.9. The van der Waals surface area contributed by atoms with Gasteiger partial charge in [-0.3, -0.25) is 4.99 Å². The summed E-state index contributed by atoms with van der Waals surface area (Å²) in [7, 11) is 1.00. The Morgan fingerprint density at radius 3 is 2.13 bits per heavy atom. The summed E-state index contributed by atoms with van der Waals surface area (Å²) in [6.45, 7) is 5.91. The zero-order valence-corrected chi connectivity index (χ0v) is 20.5. The maximum Gasteiger partial charge on any atom is 1.00 e. The summed E-state index contributed by atoms with van der Waals surface area (Å²) in [6, 6.07) is 10.4. The van der Waals surface area contributed by atoms with Crippen molar-refractivity contribution in [3.63, 3.8) is 0 Å². The normalized spacial score (nSPS) is 16.7. The molecule has 2 aromatic rings. The third kappa shape index (κ3) is 8.24. The average molecular weight is 423 g/mol. The van der Waals surface area contributed by atoms with Crippen LogP contribution in [0.5, 0.6) is 0 Å². The fourth-order valence-corrected chi connectivity index (χ4v) is 3.69. The van der Waals surface area contributed by atoms with Gasteiger partial charge in [0.05, 0.1) is 0 Å². The van der Waals surface area contributed by atoms with Crippen LogP contribution in [-0.2, 0) is 0 Å². The Bertz CT molecular complexity index is 818. The van der Waals surface area contributed by atoms with E-state index < -0.39 is 0 Å². The second-order valence-electron chi connectivity index (χ2n) is 7.04. The number of aliphatic hydroxyl groups excluding tert-OH is 1. The van der Waals surface area contributed by atoms with E-state index in [4.69, 9.17) is 5.11 Å². The molecule has 30 heavy (non-hydrogen) atoms. The number of nitrogens with one attached hydrogen (secondary N) is 1. The van der Waals surface area contributed by atoms with E-state index in [2.05, 4.69) is 10.3 Å². The summed E-state index contributed by atoms with van der Waals surface area (Å²) < 4.78 is 25.6. The minimum absolute atomic E-state index is 0. The molecule has 0 spiro atoms. The van der Waals surface area contributed by atoms with Crippen LogP contribution >= 0.6 is 0 Å². The van der Waals surface area contributed by atoms with Crippen molar-refractivity contribution in [2.24, 2.45) is 4.99 Å². The second-order valence-corrected chi connectivity index (χ2v) is 7.04. The van der Waals surface area contributed by atoms with Crippen molar-refractivity contribution >= 4 is 14.1 Å². The van der Waals surface area contributed by atoms with Gasteiger partial charge in [-0.25, -0.2) is 8.78 Å².